The van der Waals surface area contributed by atoms with Gasteiger partial charge in [0.1, 0.15) is 5.75 Å². The number of rotatable bonds is 6. The number of hydrogen-bond acceptors (Lipinski definition) is 5. The summed E-state index contributed by atoms with van der Waals surface area (Å²) in [7, 11) is 0. The summed E-state index contributed by atoms with van der Waals surface area (Å²) in [5.41, 5.74) is 3.86. The fraction of sp³-hybridized carbons (Fsp3) is 0.357. The average molecular weight is 277 g/mol. The fourth-order valence-electron chi connectivity index (χ4n) is 1.84. The van der Waals surface area contributed by atoms with Gasteiger partial charge in [-0.05, 0) is 37.1 Å². The Hall–Kier alpha value is -1.43. The zero-order valence-corrected chi connectivity index (χ0v) is 12.0. The summed E-state index contributed by atoms with van der Waals surface area (Å²) in [5.74, 6) is 6.47. The van der Waals surface area contributed by atoms with Gasteiger partial charge >= 0.3 is 0 Å². The van der Waals surface area contributed by atoms with Crippen molar-refractivity contribution in [3.63, 3.8) is 0 Å². The highest BCUT2D eigenvalue weighted by Crippen LogP contribution is 2.28. The Morgan fingerprint density at radius 1 is 1.42 bits per heavy atom. The van der Waals surface area contributed by atoms with Crippen LogP contribution in [0.25, 0.3) is 0 Å². The van der Waals surface area contributed by atoms with Crippen LogP contribution in [0.5, 0.6) is 5.75 Å². The molecule has 0 saturated heterocycles. The first-order valence-electron chi connectivity index (χ1n) is 6.34. The van der Waals surface area contributed by atoms with Gasteiger partial charge in [-0.15, -0.1) is 11.3 Å². The lowest BCUT2D eigenvalue weighted by Crippen LogP contribution is -2.28. The van der Waals surface area contributed by atoms with Gasteiger partial charge in [-0.25, -0.2) is 5.43 Å². The monoisotopic (exact) mass is 277 g/mol. The molecule has 102 valence electrons. The number of nitrogens with zero attached hydrogens (tertiary/aromatic N) is 1. The molecule has 0 aromatic carbocycles. The standard InChI is InChI=1S/C14H19N3OS/c1-3-6-18-12-7-11(8-16-9-12)14(17-15)13-5-4-10(2)19-13/h4-5,7-9,14,17H,3,6,15H2,1-2H3. The van der Waals surface area contributed by atoms with E-state index < -0.39 is 0 Å². The first kappa shape index (κ1) is 14.0. The highest BCUT2D eigenvalue weighted by Gasteiger charge is 2.15. The van der Waals surface area contributed by atoms with Gasteiger partial charge in [-0.2, -0.15) is 0 Å². The van der Waals surface area contributed by atoms with Crippen LogP contribution < -0.4 is 16.0 Å². The van der Waals surface area contributed by atoms with Crippen molar-refractivity contribution in [1.29, 1.82) is 0 Å². The first-order chi connectivity index (χ1) is 9.24. The second-order valence-corrected chi connectivity index (χ2v) is 5.67. The summed E-state index contributed by atoms with van der Waals surface area (Å²) in [4.78, 5) is 6.66. The van der Waals surface area contributed by atoms with E-state index in [0.29, 0.717) is 6.61 Å². The van der Waals surface area contributed by atoms with Crippen LogP contribution >= 0.6 is 11.3 Å². The maximum atomic E-state index is 5.68. The Kier molecular flexibility index (Phi) is 4.90. The number of hydrazine groups is 1. The molecule has 0 radical (unpaired) electrons. The minimum atomic E-state index is -0.0450. The van der Waals surface area contributed by atoms with Crippen LogP contribution in [0.3, 0.4) is 0 Å². The zero-order valence-electron chi connectivity index (χ0n) is 11.2. The smallest absolute Gasteiger partial charge is 0.137 e. The van der Waals surface area contributed by atoms with E-state index in [1.165, 1.54) is 9.75 Å². The molecule has 0 amide bonds. The van der Waals surface area contributed by atoms with Crippen molar-refractivity contribution in [1.82, 2.24) is 10.4 Å². The van der Waals surface area contributed by atoms with Crippen LogP contribution in [0, 0.1) is 6.92 Å². The van der Waals surface area contributed by atoms with Gasteiger partial charge in [-0.3, -0.25) is 10.8 Å². The third-order valence-corrected chi connectivity index (χ3v) is 3.82. The second-order valence-electron chi connectivity index (χ2n) is 4.35. The SMILES string of the molecule is CCCOc1cncc(C(NN)c2ccc(C)s2)c1. The van der Waals surface area contributed by atoms with Crippen LogP contribution in [-0.4, -0.2) is 11.6 Å². The minimum absolute atomic E-state index is 0.0450. The maximum absolute atomic E-state index is 5.68. The molecule has 0 spiro atoms. The lowest BCUT2D eigenvalue weighted by Gasteiger charge is -2.15. The summed E-state index contributed by atoms with van der Waals surface area (Å²) in [5, 5.41) is 0. The molecule has 2 heterocycles. The molecular weight excluding hydrogens is 258 g/mol. The number of thiophene rings is 1. The van der Waals surface area contributed by atoms with Gasteiger partial charge in [-0.1, -0.05) is 6.92 Å². The van der Waals surface area contributed by atoms with Crippen molar-refractivity contribution >= 4 is 11.3 Å². The van der Waals surface area contributed by atoms with E-state index in [9.17, 15) is 0 Å². The Labute approximate surface area is 117 Å². The summed E-state index contributed by atoms with van der Waals surface area (Å²) in [6.07, 6.45) is 4.53. The van der Waals surface area contributed by atoms with E-state index in [4.69, 9.17) is 10.6 Å². The topological polar surface area (TPSA) is 60.2 Å². The average Bonchev–Trinajstić information content (AvgIpc) is 2.84. The van der Waals surface area contributed by atoms with Crippen LogP contribution in [0.4, 0.5) is 0 Å². The van der Waals surface area contributed by atoms with Crippen LogP contribution in [-0.2, 0) is 0 Å². The molecule has 4 nitrogen and oxygen atoms in total. The molecule has 0 saturated carbocycles. The molecule has 0 bridgehead atoms. The number of pyridine rings is 1. The Morgan fingerprint density at radius 3 is 2.89 bits per heavy atom. The minimum Gasteiger partial charge on any atom is -0.492 e. The Balaban J connectivity index is 2.23. The normalized spacial score (nSPS) is 12.4. The number of ether oxygens (including phenoxy) is 1. The molecule has 1 atom stereocenters. The first-order valence-corrected chi connectivity index (χ1v) is 7.16. The van der Waals surface area contributed by atoms with Gasteiger partial charge in [0.25, 0.3) is 0 Å². The van der Waals surface area contributed by atoms with E-state index in [-0.39, 0.29) is 6.04 Å². The van der Waals surface area contributed by atoms with E-state index in [2.05, 4.69) is 36.4 Å². The van der Waals surface area contributed by atoms with Crippen LogP contribution in [0.2, 0.25) is 0 Å². The van der Waals surface area contributed by atoms with Crippen molar-refractivity contribution < 1.29 is 4.74 Å². The highest BCUT2D eigenvalue weighted by molar-refractivity contribution is 7.12. The summed E-state index contributed by atoms with van der Waals surface area (Å²) in [6, 6.07) is 6.12. The summed E-state index contributed by atoms with van der Waals surface area (Å²) >= 11 is 1.73. The molecule has 0 aliphatic heterocycles. The van der Waals surface area contributed by atoms with Crippen LogP contribution in [0.1, 0.15) is 34.7 Å². The molecule has 0 aliphatic rings. The molecule has 1 unspecified atom stereocenters. The third-order valence-electron chi connectivity index (χ3n) is 2.75. The highest BCUT2D eigenvalue weighted by atomic mass is 32.1. The van der Waals surface area contributed by atoms with Crippen molar-refractivity contribution in [2.45, 2.75) is 26.3 Å². The lowest BCUT2D eigenvalue weighted by molar-refractivity contribution is 0.315. The molecule has 2 aromatic rings. The van der Waals surface area contributed by atoms with E-state index in [0.717, 1.165) is 17.7 Å². The number of aromatic nitrogens is 1. The predicted octanol–water partition coefficient (Wildman–Crippen LogP) is 2.79. The molecule has 5 heteroatoms. The van der Waals surface area contributed by atoms with Gasteiger partial charge in [0, 0.05) is 16.0 Å². The number of hydrogen-bond donors (Lipinski definition) is 2. The Morgan fingerprint density at radius 2 is 2.26 bits per heavy atom. The van der Waals surface area contributed by atoms with E-state index in [1.807, 2.05) is 12.3 Å². The van der Waals surface area contributed by atoms with Gasteiger partial charge in [0.05, 0.1) is 18.8 Å². The molecule has 0 fully saturated rings. The number of nitrogens with two attached hydrogens (primary N) is 1. The second kappa shape index (κ2) is 6.65. The predicted molar refractivity (Wildman–Crippen MR) is 78.2 cm³/mol. The summed E-state index contributed by atoms with van der Waals surface area (Å²) < 4.78 is 5.60. The summed E-state index contributed by atoms with van der Waals surface area (Å²) in [6.45, 7) is 4.86. The van der Waals surface area contributed by atoms with Gasteiger partial charge in [0.2, 0.25) is 0 Å². The Bertz CT molecular complexity index is 527. The quantitative estimate of drug-likeness (QED) is 0.629. The fourth-order valence-corrected chi connectivity index (χ4v) is 2.81. The number of nitrogens with one attached hydrogen (secondary N) is 1. The third kappa shape index (κ3) is 3.53. The largest absolute Gasteiger partial charge is 0.492 e. The number of aryl methyl sites for hydroxylation is 1. The van der Waals surface area contributed by atoms with Crippen LogP contribution in [0.15, 0.2) is 30.6 Å². The van der Waals surface area contributed by atoms with E-state index in [1.54, 1.807) is 17.5 Å². The zero-order chi connectivity index (χ0) is 13.7. The van der Waals surface area contributed by atoms with Crippen molar-refractivity contribution in [3.05, 3.63) is 45.9 Å². The molecule has 2 rings (SSSR count). The molecule has 0 aliphatic carbocycles. The van der Waals surface area contributed by atoms with Gasteiger partial charge < -0.3 is 4.74 Å². The molecular formula is C14H19N3OS. The van der Waals surface area contributed by atoms with Gasteiger partial charge in [0.15, 0.2) is 0 Å². The van der Waals surface area contributed by atoms with E-state index >= 15 is 0 Å². The molecule has 19 heavy (non-hydrogen) atoms. The lowest BCUT2D eigenvalue weighted by atomic mass is 10.1. The molecule has 3 N–H and O–H groups in total. The van der Waals surface area contributed by atoms with Crippen molar-refractivity contribution in [3.8, 4) is 5.75 Å². The molecule has 2 aromatic heterocycles. The maximum Gasteiger partial charge on any atom is 0.137 e. The van der Waals surface area contributed by atoms with Crippen molar-refractivity contribution in [2.75, 3.05) is 6.61 Å². The van der Waals surface area contributed by atoms with Crippen molar-refractivity contribution in [2.24, 2.45) is 5.84 Å².